The average Bonchev–Trinajstić information content (AvgIpc) is 2.58. The Morgan fingerprint density at radius 1 is 1.31 bits per heavy atom. The summed E-state index contributed by atoms with van der Waals surface area (Å²) in [6, 6.07) is 0.955. The van der Waals surface area contributed by atoms with Crippen LogP contribution in [0.3, 0.4) is 0 Å². The molecule has 0 aliphatic heterocycles. The first-order valence-corrected chi connectivity index (χ1v) is 4.62. The van der Waals surface area contributed by atoms with Gasteiger partial charge in [0.2, 0.25) is 5.76 Å². The highest BCUT2D eigenvalue weighted by atomic mass is 19.4. The van der Waals surface area contributed by atoms with Gasteiger partial charge in [0.05, 0.1) is 0 Å². The Morgan fingerprint density at radius 3 is 2.50 bits per heavy atom. The zero-order valence-corrected chi connectivity index (χ0v) is 8.71. The molecule has 0 radical (unpaired) electrons. The van der Waals surface area contributed by atoms with Gasteiger partial charge in [-0.3, -0.25) is 0 Å². The van der Waals surface area contributed by atoms with Crippen LogP contribution in [0.2, 0.25) is 0 Å². The number of furan rings is 1. The van der Waals surface area contributed by atoms with Gasteiger partial charge in [-0.1, -0.05) is 30.9 Å². The van der Waals surface area contributed by atoms with Crippen LogP contribution in [0.5, 0.6) is 0 Å². The minimum absolute atomic E-state index is 0.172. The highest BCUT2D eigenvalue weighted by Gasteiger charge is 2.34. The van der Waals surface area contributed by atoms with Crippen molar-refractivity contribution in [2.75, 3.05) is 0 Å². The lowest BCUT2D eigenvalue weighted by Crippen LogP contribution is -2.17. The Hall–Kier alpha value is -1.71. The molecule has 0 aliphatic rings. The summed E-state index contributed by atoms with van der Waals surface area (Å²) >= 11 is 0. The second-order valence-electron chi connectivity index (χ2n) is 3.02. The van der Waals surface area contributed by atoms with Gasteiger partial charge < -0.3 is 4.42 Å². The summed E-state index contributed by atoms with van der Waals surface area (Å²) in [6.07, 6.45) is 3.20. The molecule has 0 bridgehead atoms. The van der Waals surface area contributed by atoms with Crippen molar-refractivity contribution in [3.05, 3.63) is 47.3 Å². The molecule has 4 heteroatoms. The summed E-state index contributed by atoms with van der Waals surface area (Å²) in [7, 11) is 0. The van der Waals surface area contributed by atoms with Crippen molar-refractivity contribution in [2.45, 2.75) is 13.1 Å². The molecule has 86 valence electrons. The van der Waals surface area contributed by atoms with E-state index in [1.54, 1.807) is 19.1 Å². The van der Waals surface area contributed by atoms with Gasteiger partial charge in [-0.2, -0.15) is 13.2 Å². The Balaban J connectivity index is 3.44. The van der Waals surface area contributed by atoms with E-state index in [1.807, 2.05) is 0 Å². The molecule has 0 saturated heterocycles. The van der Waals surface area contributed by atoms with Crippen molar-refractivity contribution in [1.29, 1.82) is 0 Å². The van der Waals surface area contributed by atoms with Gasteiger partial charge in [-0.15, -0.1) is 0 Å². The van der Waals surface area contributed by atoms with Crippen LogP contribution in [0.25, 0.3) is 12.2 Å². The van der Waals surface area contributed by atoms with E-state index in [9.17, 15) is 13.2 Å². The Bertz CT molecular complexity index is 503. The Morgan fingerprint density at radius 2 is 2.00 bits per heavy atom. The molecule has 1 aromatic heterocycles. The van der Waals surface area contributed by atoms with Crippen LogP contribution in [-0.4, -0.2) is 0 Å². The second-order valence-corrected chi connectivity index (χ2v) is 3.02. The molecule has 0 fully saturated rings. The van der Waals surface area contributed by atoms with Crippen LogP contribution in [-0.2, 0) is 6.18 Å². The van der Waals surface area contributed by atoms with Crippen LogP contribution in [0, 0.1) is 0 Å². The van der Waals surface area contributed by atoms with E-state index in [4.69, 9.17) is 4.42 Å². The van der Waals surface area contributed by atoms with Gasteiger partial charge in [0.25, 0.3) is 0 Å². The summed E-state index contributed by atoms with van der Waals surface area (Å²) in [4.78, 5) is 0. The maximum Gasteiger partial charge on any atom is 0.449 e. The van der Waals surface area contributed by atoms with Crippen molar-refractivity contribution in [2.24, 2.45) is 0 Å². The number of halogens is 3. The maximum atomic E-state index is 12.4. The molecular formula is C12H11F3O. The summed E-state index contributed by atoms with van der Waals surface area (Å²) in [5.41, 5.74) is 0.172. The van der Waals surface area contributed by atoms with E-state index >= 15 is 0 Å². The fraction of sp³-hybridized carbons (Fsp3) is 0.167. The lowest BCUT2D eigenvalue weighted by molar-refractivity contribution is -0.153. The molecule has 0 N–H and O–H groups in total. The van der Waals surface area contributed by atoms with Crippen molar-refractivity contribution >= 4 is 12.2 Å². The lowest BCUT2D eigenvalue weighted by Gasteiger charge is -1.98. The molecule has 0 spiro atoms. The first-order valence-electron chi connectivity index (χ1n) is 4.62. The summed E-state index contributed by atoms with van der Waals surface area (Å²) in [5.74, 6) is -1.00. The molecule has 0 saturated carbocycles. The molecule has 1 heterocycles. The monoisotopic (exact) mass is 228 g/mol. The molecule has 0 aliphatic carbocycles. The zero-order valence-electron chi connectivity index (χ0n) is 8.71. The number of allylic oxidation sites excluding steroid dienone is 3. The Labute approximate surface area is 90.9 Å². The fourth-order valence-electron chi connectivity index (χ4n) is 1.13. The van der Waals surface area contributed by atoms with Gasteiger partial charge in [0.1, 0.15) is 5.42 Å². The van der Waals surface area contributed by atoms with E-state index in [1.165, 1.54) is 18.2 Å². The van der Waals surface area contributed by atoms with Crippen molar-refractivity contribution in [3.63, 3.8) is 0 Å². The summed E-state index contributed by atoms with van der Waals surface area (Å²) < 4.78 is 41.9. The minimum Gasteiger partial charge on any atom is -0.452 e. The molecule has 16 heavy (non-hydrogen) atoms. The van der Waals surface area contributed by atoms with E-state index < -0.39 is 11.9 Å². The van der Waals surface area contributed by atoms with Crippen molar-refractivity contribution < 1.29 is 17.6 Å². The van der Waals surface area contributed by atoms with Gasteiger partial charge in [0, 0.05) is 5.22 Å². The molecule has 0 atom stereocenters. The highest BCUT2D eigenvalue weighted by molar-refractivity contribution is 5.41. The average molecular weight is 228 g/mol. The first kappa shape index (κ1) is 12.4. The molecule has 1 rings (SSSR count). The number of rotatable bonds is 2. The molecule has 0 aromatic carbocycles. The van der Waals surface area contributed by atoms with Gasteiger partial charge in [-0.25, -0.2) is 0 Å². The zero-order chi connectivity index (χ0) is 12.2. The highest BCUT2D eigenvalue weighted by Crippen LogP contribution is 2.27. The maximum absolute atomic E-state index is 12.4. The molecular weight excluding hydrogens is 217 g/mol. The van der Waals surface area contributed by atoms with Gasteiger partial charge in [0.15, 0.2) is 0 Å². The predicted molar refractivity (Wildman–Crippen MR) is 56.9 cm³/mol. The van der Waals surface area contributed by atoms with Gasteiger partial charge in [-0.05, 0) is 19.1 Å². The third-order valence-electron chi connectivity index (χ3n) is 1.81. The smallest absolute Gasteiger partial charge is 0.449 e. The topological polar surface area (TPSA) is 13.1 Å². The first-order chi connectivity index (χ1) is 7.49. The van der Waals surface area contributed by atoms with Gasteiger partial charge >= 0.3 is 6.18 Å². The van der Waals surface area contributed by atoms with Crippen molar-refractivity contribution in [3.8, 4) is 0 Å². The SMILES string of the molecule is C=C/C=c1/cc(C(F)(F)F)o/c1=C/C=C\C. The summed E-state index contributed by atoms with van der Waals surface area (Å²) in [5, 5.41) is 0.362. The van der Waals surface area contributed by atoms with E-state index in [2.05, 4.69) is 6.58 Å². The third kappa shape index (κ3) is 2.89. The normalized spacial score (nSPS) is 15.0. The summed E-state index contributed by atoms with van der Waals surface area (Å²) in [6.45, 7) is 5.20. The number of alkyl halides is 3. The van der Waals surface area contributed by atoms with E-state index in [0.29, 0.717) is 5.22 Å². The third-order valence-corrected chi connectivity index (χ3v) is 1.81. The number of hydrogen-bond donors (Lipinski definition) is 0. The predicted octanol–water partition coefficient (Wildman–Crippen LogP) is 2.62. The molecule has 1 aromatic rings. The van der Waals surface area contributed by atoms with Crippen LogP contribution in [0.15, 0.2) is 35.3 Å². The molecule has 0 unspecified atom stereocenters. The van der Waals surface area contributed by atoms with E-state index in [-0.39, 0.29) is 5.42 Å². The number of hydrogen-bond acceptors (Lipinski definition) is 1. The standard InChI is InChI=1S/C12H11F3O/c1-3-5-7-10-9(6-4-2)8-11(16-10)12(13,14)15/h3-8H,2H2,1H3/b5-3-,9-6-,10-7+. The van der Waals surface area contributed by atoms with Crippen LogP contribution >= 0.6 is 0 Å². The lowest BCUT2D eigenvalue weighted by atomic mass is 10.3. The van der Waals surface area contributed by atoms with Crippen LogP contribution < -0.4 is 10.6 Å². The molecule has 1 nitrogen and oxygen atoms in total. The quantitative estimate of drug-likeness (QED) is 0.758. The fourth-order valence-corrected chi connectivity index (χ4v) is 1.13. The molecule has 0 amide bonds. The van der Waals surface area contributed by atoms with Crippen LogP contribution in [0.1, 0.15) is 12.7 Å². The van der Waals surface area contributed by atoms with Crippen molar-refractivity contribution in [1.82, 2.24) is 0 Å². The Kier molecular flexibility index (Phi) is 3.77. The largest absolute Gasteiger partial charge is 0.452 e. The van der Waals surface area contributed by atoms with Crippen LogP contribution in [0.4, 0.5) is 13.2 Å². The second kappa shape index (κ2) is 4.88. The van der Waals surface area contributed by atoms with E-state index in [0.717, 1.165) is 6.07 Å². The minimum atomic E-state index is -4.47.